The van der Waals surface area contributed by atoms with Gasteiger partial charge in [-0.1, -0.05) is 42.0 Å². The average Bonchev–Trinajstić information content (AvgIpc) is 2.94. The molecule has 4 rings (SSSR count). The molecule has 0 bridgehead atoms. The fourth-order valence-corrected chi connectivity index (χ4v) is 4.56. The molecule has 1 heterocycles. The molecule has 0 atom stereocenters. The first-order chi connectivity index (χ1) is 13.4. The lowest BCUT2D eigenvalue weighted by molar-refractivity contribution is 0.0926. The molecule has 0 unspecified atom stereocenters. The van der Waals surface area contributed by atoms with Crippen LogP contribution in [0.25, 0.3) is 0 Å². The van der Waals surface area contributed by atoms with E-state index in [0.29, 0.717) is 22.4 Å². The van der Waals surface area contributed by atoms with Crippen molar-refractivity contribution in [2.45, 2.75) is 17.6 Å². The summed E-state index contributed by atoms with van der Waals surface area (Å²) < 4.78 is 25.2. The van der Waals surface area contributed by atoms with Crippen molar-refractivity contribution in [2.24, 2.45) is 0 Å². The Bertz CT molecular complexity index is 1140. The fraction of sp³-hybridized carbons (Fsp3) is 0.0909. The highest BCUT2D eigenvalue weighted by Gasteiger charge is 2.36. The molecule has 3 aromatic carbocycles. The van der Waals surface area contributed by atoms with Crippen LogP contribution in [0.2, 0.25) is 0 Å². The lowest BCUT2D eigenvalue weighted by Crippen LogP contribution is -2.29. The van der Waals surface area contributed by atoms with E-state index in [1.807, 2.05) is 6.92 Å². The number of sulfone groups is 1. The van der Waals surface area contributed by atoms with Crippen LogP contribution in [0.5, 0.6) is 0 Å². The van der Waals surface area contributed by atoms with E-state index in [9.17, 15) is 18.0 Å². The maximum Gasteiger partial charge on any atom is 0.266 e. The number of imide groups is 1. The van der Waals surface area contributed by atoms with Crippen molar-refractivity contribution >= 4 is 27.3 Å². The monoisotopic (exact) mass is 391 g/mol. The maximum atomic E-state index is 12.6. The fourth-order valence-electron chi connectivity index (χ4n) is 3.21. The van der Waals surface area contributed by atoms with E-state index in [0.717, 1.165) is 10.5 Å². The topological polar surface area (TPSA) is 71.5 Å². The number of benzene rings is 3. The molecule has 1 aliphatic heterocycles. The van der Waals surface area contributed by atoms with Gasteiger partial charge < -0.3 is 0 Å². The van der Waals surface area contributed by atoms with Gasteiger partial charge in [0.25, 0.3) is 11.8 Å². The van der Waals surface area contributed by atoms with Gasteiger partial charge in [0.15, 0.2) is 9.84 Å². The number of hydrogen-bond donors (Lipinski definition) is 0. The van der Waals surface area contributed by atoms with Crippen molar-refractivity contribution in [3.05, 3.63) is 95.1 Å². The molecule has 3 aromatic rings. The first-order valence-electron chi connectivity index (χ1n) is 8.73. The molecule has 0 radical (unpaired) electrons. The van der Waals surface area contributed by atoms with Crippen LogP contribution in [0.4, 0.5) is 5.69 Å². The van der Waals surface area contributed by atoms with E-state index in [4.69, 9.17) is 0 Å². The van der Waals surface area contributed by atoms with E-state index in [1.54, 1.807) is 72.8 Å². The standard InChI is InChI=1S/C22H17NO4S/c1-15-6-12-18(13-7-15)28(26,27)14-16-8-10-17(11-9-16)23-21(24)19-4-2-3-5-20(19)22(23)25/h2-13H,14H2,1H3. The summed E-state index contributed by atoms with van der Waals surface area (Å²) in [5, 5.41) is 0. The van der Waals surface area contributed by atoms with Crippen molar-refractivity contribution in [3.8, 4) is 0 Å². The molecule has 140 valence electrons. The minimum Gasteiger partial charge on any atom is -0.268 e. The summed E-state index contributed by atoms with van der Waals surface area (Å²) >= 11 is 0. The number of amides is 2. The van der Waals surface area contributed by atoms with Gasteiger partial charge >= 0.3 is 0 Å². The first-order valence-corrected chi connectivity index (χ1v) is 10.4. The molecule has 5 nitrogen and oxygen atoms in total. The predicted octanol–water partition coefficient (Wildman–Crippen LogP) is 3.77. The molecule has 0 saturated carbocycles. The Labute approximate surface area is 163 Å². The van der Waals surface area contributed by atoms with Gasteiger partial charge in [-0.25, -0.2) is 13.3 Å². The number of hydrogen-bond acceptors (Lipinski definition) is 4. The second kappa shape index (κ2) is 6.73. The van der Waals surface area contributed by atoms with Crippen LogP contribution in [0, 0.1) is 6.92 Å². The molecule has 0 spiro atoms. The Kier molecular flexibility index (Phi) is 4.35. The zero-order valence-corrected chi connectivity index (χ0v) is 15.9. The third kappa shape index (κ3) is 3.12. The van der Waals surface area contributed by atoms with Crippen LogP contribution in [0.3, 0.4) is 0 Å². The van der Waals surface area contributed by atoms with Crippen LogP contribution < -0.4 is 4.90 Å². The summed E-state index contributed by atoms with van der Waals surface area (Å²) in [5.41, 5.74) is 2.74. The highest BCUT2D eigenvalue weighted by Crippen LogP contribution is 2.29. The highest BCUT2D eigenvalue weighted by atomic mass is 32.2. The van der Waals surface area contributed by atoms with Gasteiger partial charge in [-0.3, -0.25) is 9.59 Å². The zero-order chi connectivity index (χ0) is 19.9. The third-order valence-electron chi connectivity index (χ3n) is 4.73. The second-order valence-electron chi connectivity index (χ2n) is 6.73. The van der Waals surface area contributed by atoms with Crippen molar-refractivity contribution in [2.75, 3.05) is 4.90 Å². The number of nitrogens with zero attached hydrogens (tertiary/aromatic N) is 1. The van der Waals surface area contributed by atoms with Crippen molar-refractivity contribution in [3.63, 3.8) is 0 Å². The van der Waals surface area contributed by atoms with Gasteiger partial charge in [0.1, 0.15) is 0 Å². The molecule has 6 heteroatoms. The minimum atomic E-state index is -3.47. The summed E-state index contributed by atoms with van der Waals surface area (Å²) in [6, 6.07) is 19.8. The van der Waals surface area contributed by atoms with Crippen LogP contribution in [-0.4, -0.2) is 20.2 Å². The summed E-state index contributed by atoms with van der Waals surface area (Å²) in [5.74, 6) is -0.903. The number of carbonyl (C=O) groups excluding carboxylic acids is 2. The highest BCUT2D eigenvalue weighted by molar-refractivity contribution is 7.90. The Morgan fingerprint density at radius 2 is 1.29 bits per heavy atom. The lowest BCUT2D eigenvalue weighted by atomic mass is 10.1. The largest absolute Gasteiger partial charge is 0.268 e. The van der Waals surface area contributed by atoms with Gasteiger partial charge in [-0.2, -0.15) is 0 Å². The SMILES string of the molecule is Cc1ccc(S(=O)(=O)Cc2ccc(N3C(=O)c4ccccc4C3=O)cc2)cc1. The quantitative estimate of drug-likeness (QED) is 0.635. The van der Waals surface area contributed by atoms with Crippen LogP contribution in [0.1, 0.15) is 31.8 Å². The average molecular weight is 391 g/mol. The molecule has 0 fully saturated rings. The zero-order valence-electron chi connectivity index (χ0n) is 15.1. The molecule has 1 aliphatic rings. The molecular weight excluding hydrogens is 374 g/mol. The summed E-state index contributed by atoms with van der Waals surface area (Å²) in [6.45, 7) is 1.90. The Balaban J connectivity index is 1.58. The van der Waals surface area contributed by atoms with Crippen LogP contribution in [-0.2, 0) is 15.6 Å². The predicted molar refractivity (Wildman–Crippen MR) is 106 cm³/mol. The van der Waals surface area contributed by atoms with Gasteiger partial charge in [0.2, 0.25) is 0 Å². The third-order valence-corrected chi connectivity index (χ3v) is 6.43. The molecule has 0 aliphatic carbocycles. The molecule has 28 heavy (non-hydrogen) atoms. The van der Waals surface area contributed by atoms with Gasteiger partial charge in [0, 0.05) is 0 Å². The molecule has 0 aromatic heterocycles. The normalized spacial score (nSPS) is 13.7. The molecule has 2 amide bonds. The molecule has 0 N–H and O–H groups in total. The minimum absolute atomic E-state index is 0.154. The van der Waals surface area contributed by atoms with Gasteiger partial charge in [-0.05, 0) is 48.9 Å². The number of aryl methyl sites for hydroxylation is 1. The maximum absolute atomic E-state index is 12.6. The smallest absolute Gasteiger partial charge is 0.266 e. The Hall–Kier alpha value is -3.25. The molecule has 0 saturated heterocycles. The summed E-state index contributed by atoms with van der Waals surface area (Å²) in [7, 11) is -3.47. The van der Waals surface area contributed by atoms with Gasteiger partial charge in [-0.15, -0.1) is 0 Å². The Morgan fingerprint density at radius 3 is 1.82 bits per heavy atom. The second-order valence-corrected chi connectivity index (χ2v) is 8.72. The molecular formula is C22H17NO4S. The van der Waals surface area contributed by atoms with Crippen molar-refractivity contribution < 1.29 is 18.0 Å². The number of anilines is 1. The van der Waals surface area contributed by atoms with Crippen LogP contribution >= 0.6 is 0 Å². The van der Waals surface area contributed by atoms with Crippen LogP contribution in [0.15, 0.2) is 77.7 Å². The summed E-state index contributed by atoms with van der Waals surface area (Å²) in [4.78, 5) is 26.5. The van der Waals surface area contributed by atoms with Gasteiger partial charge in [0.05, 0.1) is 27.5 Å². The van der Waals surface area contributed by atoms with E-state index >= 15 is 0 Å². The number of fused-ring (bicyclic) bond motifs is 1. The number of rotatable bonds is 4. The van der Waals surface area contributed by atoms with Crippen molar-refractivity contribution in [1.29, 1.82) is 0 Å². The van der Waals surface area contributed by atoms with E-state index in [2.05, 4.69) is 0 Å². The number of carbonyl (C=O) groups is 2. The van der Waals surface area contributed by atoms with E-state index in [-0.39, 0.29) is 22.5 Å². The van der Waals surface area contributed by atoms with Crippen molar-refractivity contribution in [1.82, 2.24) is 0 Å². The van der Waals surface area contributed by atoms with E-state index < -0.39 is 9.84 Å². The summed E-state index contributed by atoms with van der Waals surface area (Å²) in [6.07, 6.45) is 0. The Morgan fingerprint density at radius 1 is 0.750 bits per heavy atom. The first kappa shape index (κ1) is 18.1. The lowest BCUT2D eigenvalue weighted by Gasteiger charge is -2.14. The van der Waals surface area contributed by atoms with E-state index in [1.165, 1.54) is 0 Å².